The van der Waals surface area contributed by atoms with E-state index in [-0.39, 0.29) is 19.3 Å². The van der Waals surface area contributed by atoms with Crippen molar-refractivity contribution in [3.05, 3.63) is 72.9 Å². The van der Waals surface area contributed by atoms with E-state index in [0.29, 0.717) is 19.3 Å². The summed E-state index contributed by atoms with van der Waals surface area (Å²) in [4.78, 5) is 58.2. The lowest BCUT2D eigenvalue weighted by Crippen LogP contribution is -2.30. The Bertz CT molecular complexity index is 1850. The maximum atomic E-state index is 12.9. The van der Waals surface area contributed by atoms with Crippen LogP contribution in [-0.2, 0) is 55.8 Å². The van der Waals surface area contributed by atoms with Gasteiger partial charge in [-0.1, -0.05) is 261 Å². The van der Waals surface area contributed by atoms with Crippen LogP contribution >= 0.6 is 15.6 Å². The molecule has 0 saturated heterocycles. The highest BCUT2D eigenvalue weighted by Crippen LogP contribution is 2.45. The molecule has 18 heteroatoms. The second-order valence-electron chi connectivity index (χ2n) is 22.3. The zero-order chi connectivity index (χ0) is 62.4. The van der Waals surface area contributed by atoms with Crippen LogP contribution in [0.5, 0.6) is 0 Å². The number of carbonyl (C=O) groups is 3. The Hall–Kier alpha value is -3.01. The van der Waals surface area contributed by atoms with Gasteiger partial charge in [0.1, 0.15) is 25.4 Å². The van der Waals surface area contributed by atoms with Gasteiger partial charge in [-0.3, -0.25) is 32.5 Å². The van der Waals surface area contributed by atoms with Crippen molar-refractivity contribution in [2.75, 3.05) is 39.6 Å². The molecule has 0 rings (SSSR count). The Labute approximate surface area is 515 Å². The lowest BCUT2D eigenvalue weighted by Gasteiger charge is -2.21. The van der Waals surface area contributed by atoms with Gasteiger partial charge in [0.15, 0.2) is 6.10 Å². The molecule has 494 valence electrons. The lowest BCUT2D eigenvalue weighted by atomic mass is 10.0. The Morgan fingerprint density at radius 3 is 0.988 bits per heavy atom. The highest BCUT2D eigenvalue weighted by Gasteiger charge is 2.29. The van der Waals surface area contributed by atoms with Crippen molar-refractivity contribution in [2.24, 2.45) is 0 Å². The van der Waals surface area contributed by atoms with E-state index >= 15 is 0 Å². The molecule has 0 spiro atoms. The second kappa shape index (κ2) is 61.2. The summed E-state index contributed by atoms with van der Waals surface area (Å²) in [5, 5.41) is 20.5. The molecular weight excluding hydrogens is 1120 g/mol. The summed E-state index contributed by atoms with van der Waals surface area (Å²) in [7, 11) is -9.76. The largest absolute Gasteiger partial charge is 0.472 e. The third-order valence-corrected chi connectivity index (χ3v) is 15.8. The molecule has 0 fully saturated rings. The molecule has 0 aliphatic heterocycles. The Balaban J connectivity index is 4.57. The first kappa shape index (κ1) is 82.0. The zero-order valence-corrected chi connectivity index (χ0v) is 55.1. The SMILES string of the molecule is CC/C=C\C/C=C\C/C=C\C/C=C\C/C=C\C/C=C\CCCCCCC(=O)OCC(O)COP(=O)(O)OCC(O)COP(=O)(O)OCC(COC(=O)CCCCCCCCCCCCCCC)OC(=O)CCCCCCCCCCCCCCC. The van der Waals surface area contributed by atoms with Crippen molar-refractivity contribution in [3.63, 3.8) is 0 Å². The Morgan fingerprint density at radius 2 is 0.624 bits per heavy atom. The van der Waals surface area contributed by atoms with Crippen molar-refractivity contribution in [1.29, 1.82) is 0 Å². The maximum absolute atomic E-state index is 12.9. The number of phosphoric ester groups is 2. The summed E-state index contributed by atoms with van der Waals surface area (Å²) >= 11 is 0. The minimum Gasteiger partial charge on any atom is -0.463 e. The average molecular weight is 1240 g/mol. The number of ether oxygens (including phenoxy) is 3. The monoisotopic (exact) mass is 1240 g/mol. The molecule has 0 aliphatic carbocycles. The van der Waals surface area contributed by atoms with Crippen molar-refractivity contribution in [2.45, 2.75) is 296 Å². The van der Waals surface area contributed by atoms with Gasteiger partial charge in [0, 0.05) is 19.3 Å². The third-order valence-electron chi connectivity index (χ3n) is 13.9. The third kappa shape index (κ3) is 62.4. The summed E-state index contributed by atoms with van der Waals surface area (Å²) in [6.07, 6.45) is 62.4. The van der Waals surface area contributed by atoms with Crippen LogP contribution in [0.15, 0.2) is 72.9 Å². The number of carbonyl (C=O) groups excluding carboxylic acids is 3. The predicted octanol–water partition coefficient (Wildman–Crippen LogP) is 18.0. The van der Waals surface area contributed by atoms with E-state index in [9.17, 15) is 43.5 Å². The van der Waals surface area contributed by atoms with Crippen LogP contribution in [0.4, 0.5) is 0 Å². The van der Waals surface area contributed by atoms with Gasteiger partial charge in [0.25, 0.3) is 0 Å². The molecule has 0 aliphatic rings. The highest BCUT2D eigenvalue weighted by molar-refractivity contribution is 7.47. The van der Waals surface area contributed by atoms with Crippen LogP contribution in [0.3, 0.4) is 0 Å². The minimum atomic E-state index is -4.91. The van der Waals surface area contributed by atoms with E-state index in [1.54, 1.807) is 0 Å². The molecule has 0 aromatic rings. The number of rotatable bonds is 63. The summed E-state index contributed by atoms with van der Waals surface area (Å²) in [6, 6.07) is 0. The zero-order valence-electron chi connectivity index (χ0n) is 53.3. The highest BCUT2D eigenvalue weighted by atomic mass is 31.2. The molecule has 0 heterocycles. The molecule has 0 aromatic carbocycles. The van der Waals surface area contributed by atoms with E-state index < -0.39 is 91.5 Å². The molecule has 0 amide bonds. The van der Waals surface area contributed by atoms with Crippen LogP contribution in [0, 0.1) is 0 Å². The first-order valence-electron chi connectivity index (χ1n) is 33.2. The van der Waals surface area contributed by atoms with E-state index in [1.807, 2.05) is 0 Å². The van der Waals surface area contributed by atoms with E-state index in [2.05, 4.69) is 93.7 Å². The standard InChI is InChI=1S/C67H120O16P2/c1-4-7-10-13-16-19-22-25-26-27-28-29-30-31-32-33-34-37-39-41-44-47-50-53-65(70)77-56-62(68)57-79-84(73,74)80-58-63(69)59-81-85(75,76)82-61-64(83-67(72)55-52-49-46-43-40-36-24-21-18-15-12-9-6-3)60-78-66(71)54-51-48-45-42-38-35-23-20-17-14-11-8-5-2/h7,10,16,19,25-26,28-29,31-32,34,37,62-64,68-69H,4-6,8-9,11-15,17-18,20-24,27,30,33,35-36,38-61H2,1-3H3,(H,73,74)(H,75,76)/b10-7-,19-16-,26-25-,29-28-,32-31-,37-34-. The lowest BCUT2D eigenvalue weighted by molar-refractivity contribution is -0.161. The summed E-state index contributed by atoms with van der Waals surface area (Å²) in [6.45, 7) is 2.54. The van der Waals surface area contributed by atoms with Crippen LogP contribution in [-0.4, -0.2) is 95.9 Å². The Morgan fingerprint density at radius 1 is 0.341 bits per heavy atom. The smallest absolute Gasteiger partial charge is 0.463 e. The molecule has 4 N–H and O–H groups in total. The minimum absolute atomic E-state index is 0.111. The second-order valence-corrected chi connectivity index (χ2v) is 25.2. The number of aliphatic hydroxyl groups excluding tert-OH is 2. The summed E-state index contributed by atoms with van der Waals surface area (Å²) < 4.78 is 60.8. The Kier molecular flexibility index (Phi) is 59.1. The fraction of sp³-hybridized carbons (Fsp3) is 0.776. The fourth-order valence-corrected chi connectivity index (χ4v) is 10.5. The molecule has 16 nitrogen and oxygen atoms in total. The van der Waals surface area contributed by atoms with Gasteiger partial charge in [-0.15, -0.1) is 0 Å². The van der Waals surface area contributed by atoms with Crippen LogP contribution in [0.2, 0.25) is 0 Å². The number of phosphoric acid groups is 2. The fourth-order valence-electron chi connectivity index (χ4n) is 8.87. The normalized spacial score (nSPS) is 14.8. The average Bonchev–Trinajstić information content (AvgIpc) is 3.51. The van der Waals surface area contributed by atoms with Gasteiger partial charge in [0.05, 0.1) is 26.4 Å². The van der Waals surface area contributed by atoms with Gasteiger partial charge in [-0.05, 0) is 70.6 Å². The number of unbranched alkanes of at least 4 members (excludes halogenated alkanes) is 28. The van der Waals surface area contributed by atoms with E-state index in [1.165, 1.54) is 109 Å². The van der Waals surface area contributed by atoms with Crippen molar-refractivity contribution in [3.8, 4) is 0 Å². The number of aliphatic hydroxyl groups is 2. The molecule has 0 saturated carbocycles. The first-order chi connectivity index (χ1) is 41.2. The molecular formula is C67H120O16P2. The van der Waals surface area contributed by atoms with Crippen LogP contribution < -0.4 is 0 Å². The molecule has 85 heavy (non-hydrogen) atoms. The number of allylic oxidation sites excluding steroid dienone is 12. The van der Waals surface area contributed by atoms with Gasteiger partial charge in [-0.25, -0.2) is 9.13 Å². The molecule has 5 atom stereocenters. The van der Waals surface area contributed by atoms with E-state index in [4.69, 9.17) is 32.3 Å². The van der Waals surface area contributed by atoms with Gasteiger partial charge < -0.3 is 34.2 Å². The number of esters is 3. The van der Waals surface area contributed by atoms with Crippen molar-refractivity contribution < 1.29 is 75.8 Å². The van der Waals surface area contributed by atoms with Crippen LogP contribution in [0.1, 0.15) is 278 Å². The number of hydrogen-bond acceptors (Lipinski definition) is 14. The van der Waals surface area contributed by atoms with Crippen molar-refractivity contribution >= 4 is 33.6 Å². The predicted molar refractivity (Wildman–Crippen MR) is 344 cm³/mol. The van der Waals surface area contributed by atoms with Crippen LogP contribution in [0.25, 0.3) is 0 Å². The quantitative estimate of drug-likeness (QED) is 0.0146. The van der Waals surface area contributed by atoms with E-state index in [0.717, 1.165) is 109 Å². The van der Waals surface area contributed by atoms with Crippen molar-refractivity contribution in [1.82, 2.24) is 0 Å². The number of hydrogen-bond donors (Lipinski definition) is 4. The van der Waals surface area contributed by atoms with Gasteiger partial charge >= 0.3 is 33.6 Å². The molecule has 0 radical (unpaired) electrons. The molecule has 5 unspecified atom stereocenters. The van der Waals surface area contributed by atoms with Gasteiger partial charge in [0.2, 0.25) is 0 Å². The summed E-state index contributed by atoms with van der Waals surface area (Å²) in [5.74, 6) is -1.58. The summed E-state index contributed by atoms with van der Waals surface area (Å²) in [5.41, 5.74) is 0. The molecule has 0 bridgehead atoms. The van der Waals surface area contributed by atoms with Gasteiger partial charge in [-0.2, -0.15) is 0 Å². The maximum Gasteiger partial charge on any atom is 0.472 e. The first-order valence-corrected chi connectivity index (χ1v) is 36.2. The molecule has 0 aromatic heterocycles. The topological polar surface area (TPSA) is 231 Å².